The van der Waals surface area contributed by atoms with E-state index in [1.165, 1.54) is 34.6 Å². The van der Waals surface area contributed by atoms with Gasteiger partial charge in [-0.2, -0.15) is 0 Å². The maximum absolute atomic E-state index is 3.64. The predicted octanol–water partition coefficient (Wildman–Crippen LogP) is 4.84. The molecule has 0 radical (unpaired) electrons. The maximum atomic E-state index is 3.64. The van der Waals surface area contributed by atoms with E-state index in [4.69, 9.17) is 0 Å². The minimum atomic E-state index is 0.555. The van der Waals surface area contributed by atoms with E-state index in [0.29, 0.717) is 6.04 Å². The van der Waals surface area contributed by atoms with Crippen LogP contribution < -0.4 is 5.32 Å². The van der Waals surface area contributed by atoms with Crippen LogP contribution in [0.1, 0.15) is 61.4 Å². The number of hydrogen-bond acceptors (Lipinski definition) is 2. The van der Waals surface area contributed by atoms with Crippen molar-refractivity contribution in [2.75, 3.05) is 6.54 Å². The first-order valence-corrected chi connectivity index (χ1v) is 7.70. The quantitative estimate of drug-likeness (QED) is 0.733. The summed E-state index contributed by atoms with van der Waals surface area (Å²) in [7, 11) is 0. The molecule has 2 atom stereocenters. The van der Waals surface area contributed by atoms with Gasteiger partial charge in [-0.25, -0.2) is 0 Å². The summed E-state index contributed by atoms with van der Waals surface area (Å²) in [6.07, 6.45) is 3.90. The molecule has 1 aromatic heterocycles. The molecule has 0 fully saturated rings. The Bertz CT molecular complexity index is 310. The van der Waals surface area contributed by atoms with Crippen molar-refractivity contribution in [3.8, 4) is 0 Å². The van der Waals surface area contributed by atoms with Crippen LogP contribution in [0.5, 0.6) is 0 Å². The van der Waals surface area contributed by atoms with Crippen LogP contribution in [0.25, 0.3) is 0 Å². The number of nitrogens with one attached hydrogen (secondary N) is 1. The molecule has 0 amide bonds. The van der Waals surface area contributed by atoms with Crippen molar-refractivity contribution >= 4 is 11.3 Å². The predicted molar refractivity (Wildman–Crippen MR) is 78.9 cm³/mol. The molecular formula is C15H27NS. The SMILES string of the molecule is CCCC(C)CC(NCC)c1cc(C)c(C)s1. The van der Waals surface area contributed by atoms with Crippen LogP contribution >= 0.6 is 11.3 Å². The van der Waals surface area contributed by atoms with Crippen molar-refractivity contribution in [2.45, 2.75) is 59.9 Å². The van der Waals surface area contributed by atoms with Gasteiger partial charge in [-0.15, -0.1) is 11.3 Å². The first kappa shape index (κ1) is 14.7. The molecule has 1 aromatic rings. The summed E-state index contributed by atoms with van der Waals surface area (Å²) in [5.41, 5.74) is 1.44. The Labute approximate surface area is 111 Å². The minimum absolute atomic E-state index is 0.555. The Kier molecular flexibility index (Phi) is 6.21. The highest BCUT2D eigenvalue weighted by atomic mass is 32.1. The number of thiophene rings is 1. The number of hydrogen-bond donors (Lipinski definition) is 1. The van der Waals surface area contributed by atoms with Gasteiger partial charge in [-0.05, 0) is 44.4 Å². The number of rotatable bonds is 7. The molecule has 0 aliphatic rings. The second-order valence-electron chi connectivity index (χ2n) is 5.13. The Balaban J connectivity index is 2.71. The number of aryl methyl sites for hydroxylation is 2. The molecule has 0 bridgehead atoms. The first-order valence-electron chi connectivity index (χ1n) is 6.88. The Morgan fingerprint density at radius 1 is 1.29 bits per heavy atom. The fraction of sp³-hybridized carbons (Fsp3) is 0.733. The van der Waals surface area contributed by atoms with E-state index in [1.54, 1.807) is 0 Å². The maximum Gasteiger partial charge on any atom is 0.0417 e. The third-order valence-corrected chi connectivity index (χ3v) is 4.66. The van der Waals surface area contributed by atoms with E-state index in [9.17, 15) is 0 Å². The first-order chi connectivity index (χ1) is 8.08. The van der Waals surface area contributed by atoms with Gasteiger partial charge in [0.25, 0.3) is 0 Å². The van der Waals surface area contributed by atoms with Crippen LogP contribution in [0.4, 0.5) is 0 Å². The molecular weight excluding hydrogens is 226 g/mol. The lowest BCUT2D eigenvalue weighted by molar-refractivity contribution is 0.399. The summed E-state index contributed by atoms with van der Waals surface area (Å²) in [5.74, 6) is 0.812. The molecule has 17 heavy (non-hydrogen) atoms. The van der Waals surface area contributed by atoms with Gasteiger partial charge < -0.3 is 5.32 Å². The molecule has 2 heteroatoms. The second-order valence-corrected chi connectivity index (χ2v) is 6.42. The molecule has 0 aliphatic carbocycles. The molecule has 1 N–H and O–H groups in total. The lowest BCUT2D eigenvalue weighted by Crippen LogP contribution is -2.22. The summed E-state index contributed by atoms with van der Waals surface area (Å²) in [4.78, 5) is 2.98. The summed E-state index contributed by atoms with van der Waals surface area (Å²) in [6.45, 7) is 12.3. The smallest absolute Gasteiger partial charge is 0.0417 e. The van der Waals surface area contributed by atoms with E-state index in [2.05, 4.69) is 46.0 Å². The van der Waals surface area contributed by atoms with Gasteiger partial charge in [0.1, 0.15) is 0 Å². The highest BCUT2D eigenvalue weighted by Crippen LogP contribution is 2.31. The molecule has 0 aromatic carbocycles. The van der Waals surface area contributed by atoms with Gasteiger partial charge in [0.15, 0.2) is 0 Å². The molecule has 0 saturated carbocycles. The van der Waals surface area contributed by atoms with E-state index in [-0.39, 0.29) is 0 Å². The zero-order valence-corrected chi connectivity index (χ0v) is 12.8. The average Bonchev–Trinajstić information content (AvgIpc) is 2.59. The molecule has 0 saturated heterocycles. The molecule has 0 spiro atoms. The van der Waals surface area contributed by atoms with Crippen molar-refractivity contribution in [1.82, 2.24) is 5.32 Å². The van der Waals surface area contributed by atoms with Gasteiger partial charge in [-0.3, -0.25) is 0 Å². The molecule has 1 heterocycles. The van der Waals surface area contributed by atoms with Crippen LogP contribution in [-0.4, -0.2) is 6.54 Å². The van der Waals surface area contributed by atoms with Gasteiger partial charge in [0.05, 0.1) is 0 Å². The fourth-order valence-corrected chi connectivity index (χ4v) is 3.46. The van der Waals surface area contributed by atoms with Crippen molar-refractivity contribution in [1.29, 1.82) is 0 Å². The third-order valence-electron chi connectivity index (χ3n) is 3.40. The van der Waals surface area contributed by atoms with Crippen molar-refractivity contribution in [2.24, 2.45) is 5.92 Å². The minimum Gasteiger partial charge on any atom is -0.310 e. The molecule has 2 unspecified atom stereocenters. The Hall–Kier alpha value is -0.340. The summed E-state index contributed by atoms with van der Waals surface area (Å²) < 4.78 is 0. The summed E-state index contributed by atoms with van der Waals surface area (Å²) >= 11 is 1.96. The normalized spacial score (nSPS) is 14.9. The third kappa shape index (κ3) is 4.44. The molecule has 1 nitrogen and oxygen atoms in total. The average molecular weight is 253 g/mol. The monoisotopic (exact) mass is 253 g/mol. The Morgan fingerprint density at radius 3 is 2.47 bits per heavy atom. The van der Waals surface area contributed by atoms with Crippen LogP contribution in [0.3, 0.4) is 0 Å². The van der Waals surface area contributed by atoms with Gasteiger partial charge in [0.2, 0.25) is 0 Å². The van der Waals surface area contributed by atoms with Crippen LogP contribution in [0, 0.1) is 19.8 Å². The van der Waals surface area contributed by atoms with E-state index in [1.807, 2.05) is 11.3 Å². The summed E-state index contributed by atoms with van der Waals surface area (Å²) in [5, 5.41) is 3.64. The molecule has 0 aliphatic heterocycles. The topological polar surface area (TPSA) is 12.0 Å². The lowest BCUT2D eigenvalue weighted by atomic mass is 9.96. The second kappa shape index (κ2) is 7.17. The summed E-state index contributed by atoms with van der Waals surface area (Å²) in [6, 6.07) is 2.92. The standard InChI is InChI=1S/C15H27NS/c1-6-8-11(3)9-14(16-7-2)15-10-12(4)13(5)17-15/h10-11,14,16H,6-9H2,1-5H3. The van der Waals surface area contributed by atoms with Crippen LogP contribution in [0.15, 0.2) is 6.07 Å². The van der Waals surface area contributed by atoms with Gasteiger partial charge >= 0.3 is 0 Å². The van der Waals surface area contributed by atoms with E-state index < -0.39 is 0 Å². The Morgan fingerprint density at radius 2 is 2.00 bits per heavy atom. The van der Waals surface area contributed by atoms with Crippen molar-refractivity contribution in [3.63, 3.8) is 0 Å². The molecule has 98 valence electrons. The van der Waals surface area contributed by atoms with Crippen molar-refractivity contribution in [3.05, 3.63) is 21.4 Å². The zero-order valence-electron chi connectivity index (χ0n) is 12.0. The van der Waals surface area contributed by atoms with Gasteiger partial charge in [-0.1, -0.05) is 33.6 Å². The van der Waals surface area contributed by atoms with Gasteiger partial charge in [0, 0.05) is 15.8 Å². The lowest BCUT2D eigenvalue weighted by Gasteiger charge is -2.20. The fourth-order valence-electron chi connectivity index (χ4n) is 2.33. The van der Waals surface area contributed by atoms with Crippen molar-refractivity contribution < 1.29 is 0 Å². The van der Waals surface area contributed by atoms with Crippen LogP contribution in [0.2, 0.25) is 0 Å². The van der Waals surface area contributed by atoms with E-state index >= 15 is 0 Å². The largest absolute Gasteiger partial charge is 0.310 e. The molecule has 1 rings (SSSR count). The zero-order chi connectivity index (χ0) is 12.8. The highest BCUT2D eigenvalue weighted by molar-refractivity contribution is 7.12. The van der Waals surface area contributed by atoms with Crippen LogP contribution in [-0.2, 0) is 0 Å². The van der Waals surface area contributed by atoms with E-state index in [0.717, 1.165) is 12.5 Å². The highest BCUT2D eigenvalue weighted by Gasteiger charge is 2.16.